The number of sulfonamides is 1. The van der Waals surface area contributed by atoms with Crippen LogP contribution in [0.4, 0.5) is 0 Å². The Bertz CT molecular complexity index is 818. The SMILES string of the molecule is NCCc1ccc(S(=O)(=O)NC(=O)C(N)Cc2ccc(O)cc2)cc1. The summed E-state index contributed by atoms with van der Waals surface area (Å²) in [4.78, 5) is 12.1. The zero-order chi connectivity index (χ0) is 18.4. The van der Waals surface area contributed by atoms with E-state index < -0.39 is 22.0 Å². The smallest absolute Gasteiger partial charge is 0.264 e. The molecule has 7 nitrogen and oxygen atoms in total. The Balaban J connectivity index is 2.03. The van der Waals surface area contributed by atoms with E-state index in [1.54, 1.807) is 24.3 Å². The van der Waals surface area contributed by atoms with Crippen molar-refractivity contribution in [3.63, 3.8) is 0 Å². The van der Waals surface area contributed by atoms with Crippen molar-refractivity contribution in [1.29, 1.82) is 0 Å². The summed E-state index contributed by atoms with van der Waals surface area (Å²) in [7, 11) is -3.99. The third-order valence-corrected chi connectivity index (χ3v) is 4.99. The van der Waals surface area contributed by atoms with Crippen LogP contribution < -0.4 is 16.2 Å². The number of aromatic hydroxyl groups is 1. The molecular weight excluding hydrogens is 342 g/mol. The zero-order valence-corrected chi connectivity index (χ0v) is 14.4. The van der Waals surface area contributed by atoms with Gasteiger partial charge in [0, 0.05) is 0 Å². The van der Waals surface area contributed by atoms with E-state index in [4.69, 9.17) is 11.5 Å². The van der Waals surface area contributed by atoms with Gasteiger partial charge in [-0.15, -0.1) is 0 Å². The number of amides is 1. The molecule has 0 saturated heterocycles. The maximum atomic E-state index is 12.3. The molecule has 1 atom stereocenters. The van der Waals surface area contributed by atoms with Gasteiger partial charge >= 0.3 is 0 Å². The molecule has 0 bridgehead atoms. The van der Waals surface area contributed by atoms with Crippen molar-refractivity contribution in [2.75, 3.05) is 6.54 Å². The summed E-state index contributed by atoms with van der Waals surface area (Å²) in [5.41, 5.74) is 12.9. The molecule has 2 aromatic rings. The lowest BCUT2D eigenvalue weighted by atomic mass is 10.1. The van der Waals surface area contributed by atoms with E-state index in [-0.39, 0.29) is 17.1 Å². The number of nitrogens with one attached hydrogen (secondary N) is 1. The molecule has 25 heavy (non-hydrogen) atoms. The van der Waals surface area contributed by atoms with Gasteiger partial charge in [0.25, 0.3) is 15.9 Å². The van der Waals surface area contributed by atoms with Crippen LogP contribution in [0.25, 0.3) is 0 Å². The van der Waals surface area contributed by atoms with Crippen LogP contribution in [-0.2, 0) is 27.7 Å². The second-order valence-corrected chi connectivity index (χ2v) is 7.31. The van der Waals surface area contributed by atoms with Crippen molar-refractivity contribution in [2.24, 2.45) is 11.5 Å². The van der Waals surface area contributed by atoms with Gasteiger partial charge in [0.05, 0.1) is 10.9 Å². The second kappa shape index (κ2) is 8.11. The van der Waals surface area contributed by atoms with Gasteiger partial charge < -0.3 is 16.6 Å². The Hall–Kier alpha value is -2.42. The molecule has 0 aliphatic heterocycles. The topological polar surface area (TPSA) is 136 Å². The lowest BCUT2D eigenvalue weighted by Gasteiger charge is -2.13. The van der Waals surface area contributed by atoms with Crippen LogP contribution in [0.1, 0.15) is 11.1 Å². The highest BCUT2D eigenvalue weighted by Crippen LogP contribution is 2.13. The van der Waals surface area contributed by atoms with Gasteiger partial charge in [0.2, 0.25) is 0 Å². The van der Waals surface area contributed by atoms with E-state index in [2.05, 4.69) is 0 Å². The van der Waals surface area contributed by atoms with Gasteiger partial charge in [0.1, 0.15) is 5.75 Å². The third kappa shape index (κ3) is 5.28. The van der Waals surface area contributed by atoms with E-state index in [0.717, 1.165) is 5.56 Å². The summed E-state index contributed by atoms with van der Waals surface area (Å²) >= 11 is 0. The molecule has 0 spiro atoms. The molecule has 0 saturated carbocycles. The summed E-state index contributed by atoms with van der Waals surface area (Å²) in [6, 6.07) is 11.3. The number of carbonyl (C=O) groups excluding carboxylic acids is 1. The lowest BCUT2D eigenvalue weighted by molar-refractivity contribution is -0.120. The molecule has 6 N–H and O–H groups in total. The number of hydrogen-bond acceptors (Lipinski definition) is 6. The van der Waals surface area contributed by atoms with Gasteiger partial charge in [-0.1, -0.05) is 24.3 Å². The first-order chi connectivity index (χ1) is 11.8. The number of phenolic OH excluding ortho intramolecular Hbond substituents is 1. The lowest BCUT2D eigenvalue weighted by Crippen LogP contribution is -2.44. The molecule has 0 fully saturated rings. The van der Waals surface area contributed by atoms with Crippen molar-refractivity contribution in [3.8, 4) is 5.75 Å². The minimum Gasteiger partial charge on any atom is -0.508 e. The summed E-state index contributed by atoms with van der Waals surface area (Å²) in [6.07, 6.45) is 0.793. The summed E-state index contributed by atoms with van der Waals surface area (Å²) < 4.78 is 26.5. The van der Waals surface area contributed by atoms with Crippen LogP contribution in [-0.4, -0.2) is 32.0 Å². The summed E-state index contributed by atoms with van der Waals surface area (Å²) in [6.45, 7) is 0.467. The Labute approximate surface area is 146 Å². The van der Waals surface area contributed by atoms with Gasteiger partial charge in [-0.25, -0.2) is 13.1 Å². The summed E-state index contributed by atoms with van der Waals surface area (Å²) in [5.74, 6) is -0.693. The molecule has 0 aliphatic rings. The van der Waals surface area contributed by atoms with E-state index in [1.807, 2.05) is 4.72 Å². The standard InChI is InChI=1S/C17H21N3O4S/c18-10-9-12-3-7-15(8-4-12)25(23,24)20-17(22)16(19)11-13-1-5-14(21)6-2-13/h1-8,16,21H,9-11,18-19H2,(H,20,22). The minimum absolute atomic E-state index is 0.0153. The van der Waals surface area contributed by atoms with Crippen molar-refractivity contribution in [3.05, 3.63) is 59.7 Å². The third-order valence-electron chi connectivity index (χ3n) is 3.63. The van der Waals surface area contributed by atoms with Crippen LogP contribution >= 0.6 is 0 Å². The fourth-order valence-electron chi connectivity index (χ4n) is 2.25. The quantitative estimate of drug-likeness (QED) is 0.557. The van der Waals surface area contributed by atoms with Crippen molar-refractivity contribution < 1.29 is 18.3 Å². The van der Waals surface area contributed by atoms with Crippen LogP contribution in [0.5, 0.6) is 5.75 Å². The molecule has 1 unspecified atom stereocenters. The van der Waals surface area contributed by atoms with Crippen molar-refractivity contribution in [2.45, 2.75) is 23.8 Å². The Morgan fingerprint density at radius 2 is 1.60 bits per heavy atom. The monoisotopic (exact) mass is 363 g/mol. The predicted molar refractivity (Wildman–Crippen MR) is 94.3 cm³/mol. The highest BCUT2D eigenvalue weighted by molar-refractivity contribution is 7.90. The first-order valence-electron chi connectivity index (χ1n) is 7.71. The van der Waals surface area contributed by atoms with Gasteiger partial charge in [-0.05, 0) is 54.8 Å². The molecule has 0 heterocycles. The Morgan fingerprint density at radius 1 is 1.04 bits per heavy atom. The molecule has 1 amide bonds. The first-order valence-corrected chi connectivity index (χ1v) is 9.19. The minimum atomic E-state index is -3.99. The average molecular weight is 363 g/mol. The molecule has 0 radical (unpaired) electrons. The van der Waals surface area contributed by atoms with Crippen molar-refractivity contribution >= 4 is 15.9 Å². The molecule has 0 aliphatic carbocycles. The highest BCUT2D eigenvalue weighted by Gasteiger charge is 2.22. The Morgan fingerprint density at radius 3 is 2.16 bits per heavy atom. The van der Waals surface area contributed by atoms with Crippen LogP contribution in [0.15, 0.2) is 53.4 Å². The molecule has 134 valence electrons. The summed E-state index contributed by atoms with van der Waals surface area (Å²) in [5, 5.41) is 9.24. The van der Waals surface area contributed by atoms with Gasteiger partial charge in [0.15, 0.2) is 0 Å². The average Bonchev–Trinajstić information content (AvgIpc) is 2.57. The van der Waals surface area contributed by atoms with Crippen LogP contribution in [0.2, 0.25) is 0 Å². The van der Waals surface area contributed by atoms with Crippen molar-refractivity contribution in [1.82, 2.24) is 4.72 Å². The number of phenols is 1. The molecular formula is C17H21N3O4S. The van der Waals surface area contributed by atoms with E-state index in [1.165, 1.54) is 24.3 Å². The Kier molecular flexibility index (Phi) is 6.13. The number of benzene rings is 2. The normalized spacial score (nSPS) is 12.6. The predicted octanol–water partition coefficient (Wildman–Crippen LogP) is 0.268. The number of nitrogens with two attached hydrogens (primary N) is 2. The fourth-order valence-corrected chi connectivity index (χ4v) is 3.28. The molecule has 2 aromatic carbocycles. The second-order valence-electron chi connectivity index (χ2n) is 5.63. The van der Waals surface area contributed by atoms with E-state index >= 15 is 0 Å². The van der Waals surface area contributed by atoms with Gasteiger partial charge in [-0.2, -0.15) is 0 Å². The maximum Gasteiger partial charge on any atom is 0.264 e. The van der Waals surface area contributed by atoms with E-state index in [0.29, 0.717) is 18.5 Å². The zero-order valence-electron chi connectivity index (χ0n) is 13.6. The molecule has 0 aromatic heterocycles. The van der Waals surface area contributed by atoms with Crippen LogP contribution in [0.3, 0.4) is 0 Å². The van der Waals surface area contributed by atoms with Gasteiger partial charge in [-0.3, -0.25) is 4.79 Å². The van der Waals surface area contributed by atoms with E-state index in [9.17, 15) is 18.3 Å². The fraction of sp³-hybridized carbons (Fsp3) is 0.235. The number of carbonyl (C=O) groups is 1. The number of hydrogen-bond donors (Lipinski definition) is 4. The largest absolute Gasteiger partial charge is 0.508 e. The number of rotatable bonds is 7. The molecule has 8 heteroatoms. The van der Waals surface area contributed by atoms with Crippen LogP contribution in [0, 0.1) is 0 Å². The highest BCUT2D eigenvalue weighted by atomic mass is 32.2. The molecule has 2 rings (SSSR count). The first kappa shape index (κ1) is 18.9. The maximum absolute atomic E-state index is 12.3.